The fourth-order valence-corrected chi connectivity index (χ4v) is 3.46. The molecule has 162 valence electrons. The lowest BCUT2D eigenvalue weighted by Gasteiger charge is -2.10. The van der Waals surface area contributed by atoms with Gasteiger partial charge in [-0.3, -0.25) is 4.57 Å². The number of methoxy groups -OCH3 is 1. The molecule has 0 atom stereocenters. The Morgan fingerprint density at radius 3 is 2.81 bits per heavy atom. The maximum Gasteiger partial charge on any atom is 0.337 e. The maximum absolute atomic E-state index is 13.8. The van der Waals surface area contributed by atoms with Crippen LogP contribution in [0.4, 0.5) is 4.39 Å². The smallest absolute Gasteiger partial charge is 0.337 e. The molecule has 0 N–H and O–H groups in total. The van der Waals surface area contributed by atoms with Crippen LogP contribution in [0.25, 0.3) is 0 Å². The summed E-state index contributed by atoms with van der Waals surface area (Å²) in [4.78, 5) is 11.6. The summed E-state index contributed by atoms with van der Waals surface area (Å²) in [5.74, 6) is 1.06. The summed E-state index contributed by atoms with van der Waals surface area (Å²) < 4.78 is 31.6. The second kappa shape index (κ2) is 11.2. The van der Waals surface area contributed by atoms with Gasteiger partial charge in [-0.25, -0.2) is 9.18 Å². The largest absolute Gasteiger partial charge is 0.493 e. The summed E-state index contributed by atoms with van der Waals surface area (Å²) in [5.41, 5.74) is 0.429. The van der Waals surface area contributed by atoms with Crippen LogP contribution in [0.1, 0.15) is 16.2 Å². The van der Waals surface area contributed by atoms with E-state index in [9.17, 15) is 9.18 Å². The van der Waals surface area contributed by atoms with Crippen LogP contribution in [0.2, 0.25) is 0 Å². The van der Waals surface area contributed by atoms with E-state index in [4.69, 9.17) is 14.2 Å². The van der Waals surface area contributed by atoms with Crippen molar-refractivity contribution in [2.45, 2.75) is 18.3 Å². The molecule has 0 aliphatic heterocycles. The van der Waals surface area contributed by atoms with Gasteiger partial charge >= 0.3 is 5.97 Å². The minimum atomic E-state index is -0.430. The van der Waals surface area contributed by atoms with Crippen molar-refractivity contribution in [1.29, 1.82) is 0 Å². The van der Waals surface area contributed by atoms with Gasteiger partial charge in [-0.15, -0.1) is 16.8 Å². The molecular formula is C22H22FN3O4S. The Kier molecular flexibility index (Phi) is 8.05. The standard InChI is InChI=1S/C22H22FN3O4S/c1-3-11-26-20(15-30-19-10-5-4-9-18(19)23)24-25-22(26)31-13-12-29-17-8-6-7-16(14-17)21(27)28-2/h3-10,14H,1,11-13,15H2,2H3. The van der Waals surface area contributed by atoms with Crippen molar-refractivity contribution in [2.24, 2.45) is 0 Å². The summed E-state index contributed by atoms with van der Waals surface area (Å²) in [6.07, 6.45) is 1.73. The van der Waals surface area contributed by atoms with E-state index in [-0.39, 0.29) is 12.4 Å². The number of carbonyl (C=O) groups is 1. The van der Waals surface area contributed by atoms with E-state index in [1.165, 1.54) is 24.9 Å². The summed E-state index contributed by atoms with van der Waals surface area (Å²) in [6, 6.07) is 13.0. The molecular weight excluding hydrogens is 421 g/mol. The summed E-state index contributed by atoms with van der Waals surface area (Å²) in [7, 11) is 1.33. The first-order valence-corrected chi connectivity index (χ1v) is 10.4. The first-order valence-electron chi connectivity index (χ1n) is 9.46. The Hall–Kier alpha value is -3.33. The van der Waals surface area contributed by atoms with E-state index in [0.717, 1.165) is 0 Å². The summed E-state index contributed by atoms with van der Waals surface area (Å²) in [6.45, 7) is 4.74. The molecule has 3 aromatic rings. The molecule has 1 aromatic heterocycles. The number of para-hydroxylation sites is 1. The van der Waals surface area contributed by atoms with E-state index < -0.39 is 11.8 Å². The van der Waals surface area contributed by atoms with E-state index in [1.807, 2.05) is 4.57 Å². The second-order valence-corrected chi connectivity index (χ2v) is 7.30. The molecule has 0 amide bonds. The lowest BCUT2D eigenvalue weighted by molar-refractivity contribution is 0.0600. The average molecular weight is 444 g/mol. The normalized spacial score (nSPS) is 10.5. The topological polar surface area (TPSA) is 75.5 Å². The zero-order valence-electron chi connectivity index (χ0n) is 17.0. The van der Waals surface area contributed by atoms with Crippen molar-refractivity contribution in [1.82, 2.24) is 14.8 Å². The van der Waals surface area contributed by atoms with Crippen LogP contribution in [0.3, 0.4) is 0 Å². The Morgan fingerprint density at radius 2 is 2.03 bits per heavy atom. The Labute approximate surface area is 183 Å². The lowest BCUT2D eigenvalue weighted by atomic mass is 10.2. The van der Waals surface area contributed by atoms with Crippen molar-refractivity contribution < 1.29 is 23.4 Å². The maximum atomic E-state index is 13.8. The predicted octanol–water partition coefficient (Wildman–Crippen LogP) is 4.14. The van der Waals surface area contributed by atoms with Crippen molar-refractivity contribution in [2.75, 3.05) is 19.5 Å². The van der Waals surface area contributed by atoms with Crippen LogP contribution in [0.15, 0.2) is 66.3 Å². The number of hydrogen-bond acceptors (Lipinski definition) is 7. The Morgan fingerprint density at radius 1 is 1.19 bits per heavy atom. The van der Waals surface area contributed by atoms with Crippen molar-refractivity contribution >= 4 is 17.7 Å². The highest BCUT2D eigenvalue weighted by Gasteiger charge is 2.13. The zero-order valence-corrected chi connectivity index (χ0v) is 17.8. The third-order valence-electron chi connectivity index (χ3n) is 4.14. The highest BCUT2D eigenvalue weighted by Crippen LogP contribution is 2.21. The van der Waals surface area contributed by atoms with Crippen LogP contribution in [-0.2, 0) is 17.9 Å². The van der Waals surface area contributed by atoms with Crippen molar-refractivity contribution in [3.8, 4) is 11.5 Å². The molecule has 2 aromatic carbocycles. The van der Waals surface area contributed by atoms with Crippen molar-refractivity contribution in [3.05, 3.63) is 78.4 Å². The number of hydrogen-bond donors (Lipinski definition) is 0. The molecule has 0 radical (unpaired) electrons. The minimum Gasteiger partial charge on any atom is -0.493 e. The lowest BCUT2D eigenvalue weighted by Crippen LogP contribution is -2.09. The average Bonchev–Trinajstić information content (AvgIpc) is 3.17. The van der Waals surface area contributed by atoms with Gasteiger partial charge in [-0.1, -0.05) is 36.0 Å². The first kappa shape index (κ1) is 22.4. The molecule has 0 saturated heterocycles. The SMILES string of the molecule is C=CCn1c(COc2ccccc2F)nnc1SCCOc1cccc(C(=O)OC)c1. The first-order chi connectivity index (χ1) is 15.1. The van der Waals surface area contributed by atoms with Crippen LogP contribution >= 0.6 is 11.8 Å². The van der Waals surface area contributed by atoms with Crippen LogP contribution in [0.5, 0.6) is 11.5 Å². The number of benzene rings is 2. The fourth-order valence-electron chi connectivity index (χ4n) is 2.67. The van der Waals surface area contributed by atoms with E-state index in [0.29, 0.717) is 41.2 Å². The number of thioether (sulfide) groups is 1. The monoisotopic (exact) mass is 443 g/mol. The molecule has 3 rings (SSSR count). The number of halogens is 1. The van der Waals surface area contributed by atoms with Crippen LogP contribution in [-0.4, -0.2) is 40.2 Å². The molecule has 1 heterocycles. The van der Waals surface area contributed by atoms with Gasteiger partial charge in [-0.2, -0.15) is 0 Å². The molecule has 0 bridgehead atoms. The molecule has 0 unspecified atom stereocenters. The Balaban J connectivity index is 1.56. The number of ether oxygens (including phenoxy) is 3. The molecule has 31 heavy (non-hydrogen) atoms. The number of esters is 1. The van der Waals surface area contributed by atoms with Gasteiger partial charge in [0.05, 0.1) is 19.3 Å². The fraction of sp³-hybridized carbons (Fsp3) is 0.227. The van der Waals surface area contributed by atoms with Crippen LogP contribution in [0, 0.1) is 5.82 Å². The van der Waals surface area contributed by atoms with E-state index in [2.05, 4.69) is 16.8 Å². The predicted molar refractivity (Wildman–Crippen MR) is 115 cm³/mol. The summed E-state index contributed by atoms with van der Waals surface area (Å²) in [5, 5.41) is 9.04. The van der Waals surface area contributed by atoms with Gasteiger partial charge in [0, 0.05) is 12.3 Å². The number of nitrogens with zero attached hydrogens (tertiary/aromatic N) is 3. The number of allylic oxidation sites excluding steroid dienone is 1. The highest BCUT2D eigenvalue weighted by molar-refractivity contribution is 7.99. The second-order valence-electron chi connectivity index (χ2n) is 6.23. The van der Waals surface area contributed by atoms with E-state index >= 15 is 0 Å². The van der Waals surface area contributed by atoms with Gasteiger partial charge in [0.2, 0.25) is 0 Å². The van der Waals surface area contributed by atoms with Gasteiger partial charge in [0.25, 0.3) is 0 Å². The molecule has 0 aliphatic rings. The quantitative estimate of drug-likeness (QED) is 0.191. The zero-order chi connectivity index (χ0) is 22.1. The van der Waals surface area contributed by atoms with Gasteiger partial charge in [-0.05, 0) is 30.3 Å². The van der Waals surface area contributed by atoms with Gasteiger partial charge < -0.3 is 14.2 Å². The van der Waals surface area contributed by atoms with Crippen LogP contribution < -0.4 is 9.47 Å². The molecule has 0 spiro atoms. The van der Waals surface area contributed by atoms with Gasteiger partial charge in [0.15, 0.2) is 22.5 Å². The third-order valence-corrected chi connectivity index (χ3v) is 5.07. The minimum absolute atomic E-state index is 0.0825. The number of rotatable bonds is 11. The molecule has 0 aliphatic carbocycles. The van der Waals surface area contributed by atoms with E-state index in [1.54, 1.807) is 48.5 Å². The summed E-state index contributed by atoms with van der Waals surface area (Å²) >= 11 is 1.46. The molecule has 9 heteroatoms. The van der Waals surface area contributed by atoms with Gasteiger partial charge in [0.1, 0.15) is 12.4 Å². The number of aromatic nitrogens is 3. The highest BCUT2D eigenvalue weighted by atomic mass is 32.2. The Bertz CT molecular complexity index is 1040. The third kappa shape index (κ3) is 6.08. The molecule has 0 fully saturated rings. The molecule has 7 nitrogen and oxygen atoms in total. The van der Waals surface area contributed by atoms with Crippen molar-refractivity contribution in [3.63, 3.8) is 0 Å². The molecule has 0 saturated carbocycles. The number of carbonyl (C=O) groups excluding carboxylic acids is 1.